The zero-order valence-electron chi connectivity index (χ0n) is 40.5. The summed E-state index contributed by atoms with van der Waals surface area (Å²) in [6, 6.07) is 0. The van der Waals surface area contributed by atoms with Crippen molar-refractivity contribution < 1.29 is 28.6 Å². The molecule has 0 fully saturated rings. The Morgan fingerprint density at radius 2 is 0.714 bits per heavy atom. The number of hydrogen-bond acceptors (Lipinski definition) is 6. The second-order valence-electron chi connectivity index (χ2n) is 16.4. The highest BCUT2D eigenvalue weighted by Crippen LogP contribution is 2.12. The first-order valence-electron chi connectivity index (χ1n) is 25.4. The highest BCUT2D eigenvalue weighted by Gasteiger charge is 2.19. The number of hydrogen-bond donors (Lipinski definition) is 0. The van der Waals surface area contributed by atoms with Crippen molar-refractivity contribution in [2.24, 2.45) is 0 Å². The monoisotopic (exact) mass is 873 g/mol. The van der Waals surface area contributed by atoms with Crippen LogP contribution in [0.1, 0.15) is 213 Å². The molecule has 6 nitrogen and oxygen atoms in total. The van der Waals surface area contributed by atoms with Crippen molar-refractivity contribution in [1.29, 1.82) is 0 Å². The van der Waals surface area contributed by atoms with E-state index in [1.54, 1.807) is 0 Å². The Morgan fingerprint density at radius 1 is 0.349 bits per heavy atom. The van der Waals surface area contributed by atoms with E-state index in [0.717, 1.165) is 109 Å². The molecule has 0 spiro atoms. The molecule has 63 heavy (non-hydrogen) atoms. The van der Waals surface area contributed by atoms with E-state index in [0.29, 0.717) is 12.8 Å². The molecule has 0 saturated heterocycles. The van der Waals surface area contributed by atoms with Gasteiger partial charge in [0.1, 0.15) is 13.2 Å². The average Bonchev–Trinajstić information content (AvgIpc) is 3.28. The Labute approximate surface area is 387 Å². The van der Waals surface area contributed by atoms with Crippen molar-refractivity contribution in [3.8, 4) is 0 Å². The fourth-order valence-corrected chi connectivity index (χ4v) is 6.52. The third kappa shape index (κ3) is 49.0. The maximum atomic E-state index is 12.8. The highest BCUT2D eigenvalue weighted by atomic mass is 16.6. The lowest BCUT2D eigenvalue weighted by Gasteiger charge is -2.18. The van der Waals surface area contributed by atoms with E-state index in [1.165, 1.54) is 57.8 Å². The number of ether oxygens (including phenoxy) is 3. The van der Waals surface area contributed by atoms with E-state index in [-0.39, 0.29) is 44.0 Å². The van der Waals surface area contributed by atoms with Gasteiger partial charge in [-0.1, -0.05) is 207 Å². The summed E-state index contributed by atoms with van der Waals surface area (Å²) in [4.78, 5) is 37.9. The Hall–Kier alpha value is -3.93. The third-order valence-electron chi connectivity index (χ3n) is 10.3. The molecule has 1 atom stereocenters. The summed E-state index contributed by atoms with van der Waals surface area (Å²) in [7, 11) is 0. The molecule has 356 valence electrons. The molecule has 0 amide bonds. The van der Waals surface area contributed by atoms with Crippen molar-refractivity contribution >= 4 is 17.9 Å². The molecule has 0 radical (unpaired) electrons. The normalized spacial score (nSPS) is 13.0. The minimum atomic E-state index is -0.823. The summed E-state index contributed by atoms with van der Waals surface area (Å²) in [5, 5.41) is 0. The van der Waals surface area contributed by atoms with Gasteiger partial charge < -0.3 is 14.2 Å². The molecule has 0 bridgehead atoms. The van der Waals surface area contributed by atoms with Crippen LogP contribution in [-0.4, -0.2) is 37.2 Å². The van der Waals surface area contributed by atoms with Crippen molar-refractivity contribution in [3.05, 3.63) is 109 Å². The van der Waals surface area contributed by atoms with Crippen LogP contribution in [0.4, 0.5) is 0 Å². The second-order valence-corrected chi connectivity index (χ2v) is 16.4. The summed E-state index contributed by atoms with van der Waals surface area (Å²) < 4.78 is 16.7. The molecule has 0 saturated carbocycles. The lowest BCUT2D eigenvalue weighted by atomic mass is 10.1. The fourth-order valence-electron chi connectivity index (χ4n) is 6.52. The van der Waals surface area contributed by atoms with Gasteiger partial charge in [0.15, 0.2) is 6.10 Å². The van der Waals surface area contributed by atoms with Gasteiger partial charge in [-0.2, -0.15) is 0 Å². The van der Waals surface area contributed by atoms with E-state index in [4.69, 9.17) is 14.2 Å². The van der Waals surface area contributed by atoms with Gasteiger partial charge >= 0.3 is 17.9 Å². The first-order valence-corrected chi connectivity index (χ1v) is 25.4. The maximum absolute atomic E-state index is 12.8. The van der Waals surface area contributed by atoms with Crippen molar-refractivity contribution in [2.75, 3.05) is 13.2 Å². The standard InChI is InChI=1S/C57H92O6/c1-4-7-10-13-16-19-22-25-27-28-29-30-33-35-38-41-44-47-50-56(59)62-53-54(52-61-55(58)49-46-43-40-37-34-31-24-21-18-15-12-9-6-3)63-57(60)51-48-45-42-39-36-32-26-23-20-17-14-11-8-5-2/h8,11,16-17,19-20,22,25-32,34,40,43,54H,4-7,9-10,12-15,18,21,23-24,33,35-39,41-42,44-53H2,1-3H3/b11-8-,19-16-,20-17-,25-22-,28-27-,30-29-,32-26-,34-31-,43-40-. The minimum Gasteiger partial charge on any atom is -0.462 e. The topological polar surface area (TPSA) is 78.9 Å². The van der Waals surface area contributed by atoms with Gasteiger partial charge in [0.05, 0.1) is 0 Å². The molecule has 0 aromatic heterocycles. The van der Waals surface area contributed by atoms with Crippen LogP contribution < -0.4 is 0 Å². The SMILES string of the molecule is CC/C=C\C/C=C\C/C=C\CCCCCCC(=O)OC(COC(=O)CC/C=C\C/C=C\CCCCCCCC)COC(=O)CCCCCCC\C=C/C=C\C=C/C=C\CCCCC. The first-order chi connectivity index (χ1) is 31.0. The molecule has 0 aromatic rings. The van der Waals surface area contributed by atoms with E-state index in [1.807, 2.05) is 6.08 Å². The maximum Gasteiger partial charge on any atom is 0.306 e. The van der Waals surface area contributed by atoms with Crippen LogP contribution in [0.25, 0.3) is 0 Å². The van der Waals surface area contributed by atoms with E-state index in [9.17, 15) is 14.4 Å². The molecule has 0 aliphatic carbocycles. The van der Waals surface area contributed by atoms with Gasteiger partial charge in [-0.15, -0.1) is 0 Å². The van der Waals surface area contributed by atoms with Crippen LogP contribution in [0.5, 0.6) is 0 Å². The molecule has 0 aliphatic rings. The molecule has 0 rings (SSSR count). The molecule has 0 heterocycles. The number of unbranched alkanes of at least 4 members (excludes halogenated alkanes) is 18. The van der Waals surface area contributed by atoms with E-state index in [2.05, 4.69) is 124 Å². The number of carbonyl (C=O) groups is 3. The number of esters is 3. The highest BCUT2D eigenvalue weighted by molar-refractivity contribution is 5.71. The average molecular weight is 873 g/mol. The molecule has 0 N–H and O–H groups in total. The van der Waals surface area contributed by atoms with Gasteiger partial charge in [-0.25, -0.2) is 0 Å². The predicted molar refractivity (Wildman–Crippen MR) is 270 cm³/mol. The summed E-state index contributed by atoms with van der Waals surface area (Å²) in [6.45, 7) is 6.37. The Kier molecular flexibility index (Phi) is 47.5. The molecule has 0 aliphatic heterocycles. The molecule has 6 heteroatoms. The number of allylic oxidation sites excluding steroid dienone is 18. The Morgan fingerprint density at radius 3 is 1.24 bits per heavy atom. The predicted octanol–water partition coefficient (Wildman–Crippen LogP) is 16.8. The van der Waals surface area contributed by atoms with E-state index >= 15 is 0 Å². The summed E-state index contributed by atoms with van der Waals surface area (Å²) in [5.41, 5.74) is 0. The molecule has 1 unspecified atom stereocenters. The van der Waals surface area contributed by atoms with Gasteiger partial charge in [-0.05, 0) is 96.3 Å². The Bertz CT molecular complexity index is 1330. The minimum absolute atomic E-state index is 0.119. The van der Waals surface area contributed by atoms with Gasteiger partial charge in [0.2, 0.25) is 0 Å². The summed E-state index contributed by atoms with van der Waals surface area (Å²) in [5.74, 6) is -1.04. The molecular formula is C57H92O6. The fraction of sp³-hybridized carbons (Fsp3) is 0.632. The first kappa shape index (κ1) is 59.1. The van der Waals surface area contributed by atoms with Crippen molar-refractivity contribution in [3.63, 3.8) is 0 Å². The number of carbonyl (C=O) groups excluding carboxylic acids is 3. The summed E-state index contributed by atoms with van der Waals surface area (Å²) >= 11 is 0. The van der Waals surface area contributed by atoms with Gasteiger partial charge in [0.25, 0.3) is 0 Å². The second kappa shape index (κ2) is 50.7. The van der Waals surface area contributed by atoms with Crippen LogP contribution in [0.3, 0.4) is 0 Å². The van der Waals surface area contributed by atoms with Crippen LogP contribution in [0, 0.1) is 0 Å². The van der Waals surface area contributed by atoms with Crippen LogP contribution in [0.15, 0.2) is 109 Å². The molecular weight excluding hydrogens is 781 g/mol. The van der Waals surface area contributed by atoms with Gasteiger partial charge in [0, 0.05) is 19.3 Å². The van der Waals surface area contributed by atoms with Crippen LogP contribution in [-0.2, 0) is 28.6 Å². The quantitative estimate of drug-likeness (QED) is 0.0199. The van der Waals surface area contributed by atoms with Crippen molar-refractivity contribution in [2.45, 2.75) is 219 Å². The number of rotatable bonds is 44. The van der Waals surface area contributed by atoms with E-state index < -0.39 is 6.10 Å². The Balaban J connectivity index is 4.54. The lowest BCUT2D eigenvalue weighted by molar-refractivity contribution is -0.166. The zero-order valence-corrected chi connectivity index (χ0v) is 40.5. The molecule has 0 aromatic carbocycles. The summed E-state index contributed by atoms with van der Waals surface area (Å²) in [6.07, 6.45) is 67.9. The van der Waals surface area contributed by atoms with Gasteiger partial charge in [-0.3, -0.25) is 14.4 Å². The van der Waals surface area contributed by atoms with Crippen LogP contribution in [0.2, 0.25) is 0 Å². The zero-order chi connectivity index (χ0) is 45.8. The van der Waals surface area contributed by atoms with Crippen molar-refractivity contribution in [1.82, 2.24) is 0 Å². The largest absolute Gasteiger partial charge is 0.462 e. The smallest absolute Gasteiger partial charge is 0.306 e. The third-order valence-corrected chi connectivity index (χ3v) is 10.3. The lowest BCUT2D eigenvalue weighted by Crippen LogP contribution is -2.30. The van der Waals surface area contributed by atoms with Crippen LogP contribution >= 0.6 is 0 Å².